The summed E-state index contributed by atoms with van der Waals surface area (Å²) < 4.78 is 42.7. The Bertz CT molecular complexity index is 1290. The third-order valence-corrected chi connectivity index (χ3v) is 7.45. The summed E-state index contributed by atoms with van der Waals surface area (Å²) >= 11 is 12.2. The molecule has 1 amide bonds. The molecule has 3 aromatic rings. The summed E-state index contributed by atoms with van der Waals surface area (Å²) in [6, 6.07) is 6.22. The lowest BCUT2D eigenvalue weighted by atomic mass is 9.97. The Labute approximate surface area is 194 Å². The lowest BCUT2D eigenvalue weighted by Crippen LogP contribution is -2.45. The normalized spacial score (nSPS) is 15.0. The number of likely N-dealkylation sites (tertiary alicyclic amines) is 1. The van der Waals surface area contributed by atoms with Crippen molar-refractivity contribution in [2.24, 2.45) is 5.92 Å². The standard InChI is InChI=1S/C21H21Cl2FN4O3S/c1-28-10-12(11-28)6-7-25-21(29)13-2-5-18(16(24)8-13)32(30,31)27-17-4-3-14(22)19-15(23)9-26-20(17)19/h2-5,8-9,12,26-27H,6-7,10-11H2,1H3,(H,25,29). The molecule has 2 aromatic carbocycles. The number of fused-ring (bicyclic) bond motifs is 1. The minimum atomic E-state index is -4.28. The highest BCUT2D eigenvalue weighted by molar-refractivity contribution is 7.92. The van der Waals surface area contributed by atoms with Crippen molar-refractivity contribution in [3.63, 3.8) is 0 Å². The fourth-order valence-corrected chi connectivity index (χ4v) is 5.51. The van der Waals surface area contributed by atoms with Gasteiger partial charge in [0.15, 0.2) is 0 Å². The highest BCUT2D eigenvalue weighted by atomic mass is 35.5. The van der Waals surface area contributed by atoms with Gasteiger partial charge in [-0.15, -0.1) is 0 Å². The van der Waals surface area contributed by atoms with Crippen LogP contribution >= 0.6 is 23.2 Å². The summed E-state index contributed by atoms with van der Waals surface area (Å²) in [6.07, 6.45) is 2.32. The van der Waals surface area contributed by atoms with E-state index in [0.717, 1.165) is 31.6 Å². The average molecular weight is 499 g/mol. The van der Waals surface area contributed by atoms with Gasteiger partial charge in [-0.3, -0.25) is 9.52 Å². The first kappa shape index (κ1) is 22.8. The number of nitrogens with zero attached hydrogens (tertiary/aromatic N) is 1. The first-order chi connectivity index (χ1) is 15.2. The van der Waals surface area contributed by atoms with E-state index < -0.39 is 26.6 Å². The van der Waals surface area contributed by atoms with Crippen molar-refractivity contribution in [2.45, 2.75) is 11.3 Å². The summed E-state index contributed by atoms with van der Waals surface area (Å²) in [5.74, 6) is -0.932. The van der Waals surface area contributed by atoms with Crippen molar-refractivity contribution in [3.8, 4) is 0 Å². The number of aromatic amines is 1. The van der Waals surface area contributed by atoms with E-state index in [1.807, 2.05) is 7.05 Å². The molecule has 0 atom stereocenters. The number of rotatable bonds is 7. The van der Waals surface area contributed by atoms with Gasteiger partial charge in [0.1, 0.15) is 10.7 Å². The third-order valence-electron chi connectivity index (χ3n) is 5.44. The molecule has 170 valence electrons. The van der Waals surface area contributed by atoms with E-state index in [-0.39, 0.29) is 11.3 Å². The zero-order chi connectivity index (χ0) is 23.0. The number of hydrogen-bond donors (Lipinski definition) is 3. The molecule has 3 N–H and O–H groups in total. The van der Waals surface area contributed by atoms with Gasteiger partial charge in [0, 0.05) is 36.8 Å². The monoisotopic (exact) mass is 498 g/mol. The summed E-state index contributed by atoms with van der Waals surface area (Å²) in [5, 5.41) is 3.88. The molecule has 0 bridgehead atoms. The maximum absolute atomic E-state index is 14.7. The van der Waals surface area contributed by atoms with Crippen LogP contribution in [0.5, 0.6) is 0 Å². The van der Waals surface area contributed by atoms with E-state index in [1.165, 1.54) is 24.4 Å². The largest absolute Gasteiger partial charge is 0.358 e. The average Bonchev–Trinajstić information content (AvgIpc) is 3.11. The second-order valence-corrected chi connectivity index (χ2v) is 10.3. The van der Waals surface area contributed by atoms with Gasteiger partial charge in [0.2, 0.25) is 0 Å². The van der Waals surface area contributed by atoms with Gasteiger partial charge in [0.25, 0.3) is 15.9 Å². The first-order valence-electron chi connectivity index (χ1n) is 9.90. The Morgan fingerprint density at radius 2 is 1.97 bits per heavy atom. The summed E-state index contributed by atoms with van der Waals surface area (Å²) in [4.78, 5) is 16.8. The maximum atomic E-state index is 14.7. The molecule has 0 aliphatic carbocycles. The van der Waals surface area contributed by atoms with Crippen LogP contribution in [-0.4, -0.2) is 50.9 Å². The van der Waals surface area contributed by atoms with Crippen LogP contribution in [0.25, 0.3) is 10.9 Å². The van der Waals surface area contributed by atoms with Gasteiger partial charge in [-0.1, -0.05) is 23.2 Å². The molecule has 0 radical (unpaired) electrons. The number of carbonyl (C=O) groups excluding carboxylic acids is 1. The topological polar surface area (TPSA) is 94.3 Å². The molecule has 0 spiro atoms. The fourth-order valence-electron chi connectivity index (χ4n) is 3.82. The molecule has 2 heterocycles. The Balaban J connectivity index is 1.48. The van der Waals surface area contributed by atoms with Gasteiger partial charge < -0.3 is 15.2 Å². The number of carbonyl (C=O) groups is 1. The number of sulfonamides is 1. The molecule has 1 aromatic heterocycles. The molecule has 0 unspecified atom stereocenters. The minimum Gasteiger partial charge on any atom is -0.358 e. The van der Waals surface area contributed by atoms with E-state index in [0.29, 0.717) is 33.4 Å². The van der Waals surface area contributed by atoms with Gasteiger partial charge in [-0.2, -0.15) is 0 Å². The number of benzene rings is 2. The summed E-state index contributed by atoms with van der Waals surface area (Å²) in [5.41, 5.74) is 0.594. The van der Waals surface area contributed by atoms with Crippen LogP contribution in [0.1, 0.15) is 16.8 Å². The Hall–Kier alpha value is -2.33. The van der Waals surface area contributed by atoms with Crippen LogP contribution in [-0.2, 0) is 10.0 Å². The number of H-pyrrole nitrogens is 1. The molecule has 0 saturated carbocycles. The second-order valence-electron chi connectivity index (χ2n) is 7.86. The van der Waals surface area contributed by atoms with E-state index >= 15 is 0 Å². The van der Waals surface area contributed by atoms with Gasteiger partial charge in [0.05, 0.1) is 21.2 Å². The SMILES string of the molecule is CN1CC(CCNC(=O)c2ccc(S(=O)(=O)Nc3ccc(Cl)c4c(Cl)c[nH]c34)c(F)c2)C1. The van der Waals surface area contributed by atoms with E-state index in [4.69, 9.17) is 23.2 Å². The number of anilines is 1. The van der Waals surface area contributed by atoms with Crippen LogP contribution < -0.4 is 10.0 Å². The highest BCUT2D eigenvalue weighted by Crippen LogP contribution is 2.35. The zero-order valence-electron chi connectivity index (χ0n) is 17.1. The molecule has 32 heavy (non-hydrogen) atoms. The van der Waals surface area contributed by atoms with Crippen molar-refractivity contribution in [2.75, 3.05) is 31.4 Å². The number of hydrogen-bond acceptors (Lipinski definition) is 4. The molecular weight excluding hydrogens is 478 g/mol. The molecular formula is C21H21Cl2FN4O3S. The number of aromatic nitrogens is 1. The highest BCUT2D eigenvalue weighted by Gasteiger charge is 2.24. The van der Waals surface area contributed by atoms with Crippen LogP contribution in [0.4, 0.5) is 10.1 Å². The van der Waals surface area contributed by atoms with E-state index in [9.17, 15) is 17.6 Å². The van der Waals surface area contributed by atoms with Crippen LogP contribution in [0.3, 0.4) is 0 Å². The molecule has 11 heteroatoms. The lowest BCUT2D eigenvalue weighted by Gasteiger charge is -2.36. The van der Waals surface area contributed by atoms with Crippen LogP contribution in [0.2, 0.25) is 10.0 Å². The van der Waals surface area contributed by atoms with E-state index in [1.54, 1.807) is 0 Å². The minimum absolute atomic E-state index is 0.0530. The molecule has 4 rings (SSSR count). The van der Waals surface area contributed by atoms with E-state index in [2.05, 4.69) is 19.9 Å². The molecule has 1 fully saturated rings. The van der Waals surface area contributed by atoms with Gasteiger partial charge in [-0.25, -0.2) is 12.8 Å². The fraction of sp³-hybridized carbons (Fsp3) is 0.286. The predicted octanol–water partition coefficient (Wildman–Crippen LogP) is 4.10. The zero-order valence-corrected chi connectivity index (χ0v) is 19.4. The third kappa shape index (κ3) is 4.56. The van der Waals surface area contributed by atoms with Crippen molar-refractivity contribution >= 4 is 55.7 Å². The van der Waals surface area contributed by atoms with Gasteiger partial charge in [-0.05, 0) is 49.7 Å². The molecule has 7 nitrogen and oxygen atoms in total. The van der Waals surface area contributed by atoms with Crippen LogP contribution in [0, 0.1) is 11.7 Å². The predicted molar refractivity (Wildman–Crippen MR) is 123 cm³/mol. The Kier molecular flexibility index (Phi) is 6.35. The summed E-state index contributed by atoms with van der Waals surface area (Å²) in [7, 11) is -2.25. The number of halogens is 3. The lowest BCUT2D eigenvalue weighted by molar-refractivity contribution is 0.0932. The number of amides is 1. The van der Waals surface area contributed by atoms with Crippen molar-refractivity contribution in [3.05, 3.63) is 58.0 Å². The summed E-state index contributed by atoms with van der Waals surface area (Å²) in [6.45, 7) is 2.48. The van der Waals surface area contributed by atoms with Crippen molar-refractivity contribution in [1.29, 1.82) is 0 Å². The molecule has 1 aliphatic rings. The van der Waals surface area contributed by atoms with Crippen molar-refractivity contribution < 1.29 is 17.6 Å². The number of nitrogens with one attached hydrogen (secondary N) is 3. The Morgan fingerprint density at radius 3 is 2.66 bits per heavy atom. The van der Waals surface area contributed by atoms with Gasteiger partial charge >= 0.3 is 0 Å². The smallest absolute Gasteiger partial charge is 0.264 e. The first-order valence-corrected chi connectivity index (χ1v) is 12.1. The second kappa shape index (κ2) is 8.90. The van der Waals surface area contributed by atoms with Crippen molar-refractivity contribution in [1.82, 2.24) is 15.2 Å². The quantitative estimate of drug-likeness (QED) is 0.457. The molecule has 1 saturated heterocycles. The Morgan fingerprint density at radius 1 is 1.22 bits per heavy atom. The van der Waals surface area contributed by atoms with Crippen LogP contribution in [0.15, 0.2) is 41.4 Å². The maximum Gasteiger partial charge on any atom is 0.264 e. The molecule has 1 aliphatic heterocycles.